The van der Waals surface area contributed by atoms with Crippen molar-refractivity contribution in [3.8, 4) is 5.75 Å². The molecule has 92 valence electrons. The average Bonchev–Trinajstić information content (AvgIpc) is 2.27. The van der Waals surface area contributed by atoms with E-state index in [0.717, 1.165) is 23.9 Å². The molecule has 0 amide bonds. The minimum atomic E-state index is -0.479. The Morgan fingerprint density at radius 2 is 2.00 bits per heavy atom. The van der Waals surface area contributed by atoms with E-state index in [-0.39, 0.29) is 0 Å². The Bertz CT molecular complexity index is 382. The van der Waals surface area contributed by atoms with Gasteiger partial charge < -0.3 is 4.74 Å². The lowest BCUT2D eigenvalue weighted by molar-refractivity contribution is -0.400. The molecule has 0 aliphatic carbocycles. The molecule has 0 spiro atoms. The van der Waals surface area contributed by atoms with Crippen LogP contribution in [0.5, 0.6) is 5.75 Å². The van der Waals surface area contributed by atoms with Crippen molar-refractivity contribution in [3.05, 3.63) is 46.1 Å². The van der Waals surface area contributed by atoms with Crippen molar-refractivity contribution in [1.82, 2.24) is 0 Å². The summed E-state index contributed by atoms with van der Waals surface area (Å²) in [4.78, 5) is 9.66. The molecule has 4 nitrogen and oxygen atoms in total. The molecule has 0 radical (unpaired) electrons. The second kappa shape index (κ2) is 6.68. The number of nitrogens with zero attached hydrogens (tertiary/aromatic N) is 1. The third kappa shape index (κ3) is 5.70. The van der Waals surface area contributed by atoms with E-state index in [1.165, 1.54) is 6.08 Å². The van der Waals surface area contributed by atoms with Crippen LogP contribution in [-0.2, 0) is 0 Å². The number of hydrogen-bond acceptors (Lipinski definition) is 3. The van der Waals surface area contributed by atoms with Crippen LogP contribution in [0.2, 0.25) is 0 Å². The second-order valence-electron chi connectivity index (χ2n) is 4.20. The van der Waals surface area contributed by atoms with Gasteiger partial charge in [0.25, 0.3) is 0 Å². The Labute approximate surface area is 101 Å². The fourth-order valence-corrected chi connectivity index (χ4v) is 1.23. The van der Waals surface area contributed by atoms with E-state index in [1.807, 2.05) is 12.1 Å². The maximum Gasteiger partial charge on any atom is 0.235 e. The summed E-state index contributed by atoms with van der Waals surface area (Å²) in [6, 6.07) is 7.23. The molecule has 0 aromatic heterocycles. The van der Waals surface area contributed by atoms with Gasteiger partial charge in [-0.15, -0.1) is 0 Å². The van der Waals surface area contributed by atoms with Crippen molar-refractivity contribution < 1.29 is 9.66 Å². The highest BCUT2D eigenvalue weighted by atomic mass is 16.6. The summed E-state index contributed by atoms with van der Waals surface area (Å²) in [5.74, 6) is 1.42. The molecule has 1 rings (SSSR count). The summed E-state index contributed by atoms with van der Waals surface area (Å²) >= 11 is 0. The number of benzene rings is 1. The lowest BCUT2D eigenvalue weighted by atomic mass is 10.1. The normalized spacial score (nSPS) is 11.0. The van der Waals surface area contributed by atoms with Crippen LogP contribution >= 0.6 is 0 Å². The summed E-state index contributed by atoms with van der Waals surface area (Å²) in [7, 11) is 0. The molecule has 17 heavy (non-hydrogen) atoms. The molecule has 0 saturated heterocycles. The second-order valence-corrected chi connectivity index (χ2v) is 4.20. The predicted molar refractivity (Wildman–Crippen MR) is 67.4 cm³/mol. The highest BCUT2D eigenvalue weighted by Crippen LogP contribution is 2.14. The minimum absolute atomic E-state index is 0.479. The third-order valence-corrected chi connectivity index (χ3v) is 2.23. The van der Waals surface area contributed by atoms with E-state index < -0.39 is 4.92 Å². The Kier molecular flexibility index (Phi) is 5.20. The van der Waals surface area contributed by atoms with Crippen LogP contribution in [0.4, 0.5) is 0 Å². The van der Waals surface area contributed by atoms with Gasteiger partial charge in [-0.1, -0.05) is 26.0 Å². The number of hydrogen-bond donors (Lipinski definition) is 0. The Balaban J connectivity index is 2.47. The van der Waals surface area contributed by atoms with Crippen molar-refractivity contribution in [2.75, 3.05) is 6.61 Å². The molecule has 1 aromatic carbocycles. The largest absolute Gasteiger partial charge is 0.494 e. The first-order valence-electron chi connectivity index (χ1n) is 5.62. The number of ether oxygens (including phenoxy) is 1. The van der Waals surface area contributed by atoms with Crippen LogP contribution in [0.15, 0.2) is 30.5 Å². The first kappa shape index (κ1) is 13.2. The van der Waals surface area contributed by atoms with E-state index in [1.54, 1.807) is 12.1 Å². The molecule has 0 fully saturated rings. The first-order chi connectivity index (χ1) is 8.08. The zero-order chi connectivity index (χ0) is 12.7. The first-order valence-corrected chi connectivity index (χ1v) is 5.62. The zero-order valence-corrected chi connectivity index (χ0v) is 10.1. The Morgan fingerprint density at radius 3 is 2.53 bits per heavy atom. The molecule has 0 N–H and O–H groups in total. The highest BCUT2D eigenvalue weighted by molar-refractivity contribution is 5.49. The summed E-state index contributed by atoms with van der Waals surface area (Å²) in [6.45, 7) is 4.99. The van der Waals surface area contributed by atoms with E-state index in [4.69, 9.17) is 4.74 Å². The SMILES string of the molecule is CC(C)CCOc1ccc(/C=C/[N+](=O)[O-])cc1. The van der Waals surface area contributed by atoms with Crippen LogP contribution in [0, 0.1) is 16.0 Å². The van der Waals surface area contributed by atoms with Gasteiger partial charge in [-0.05, 0) is 30.0 Å². The minimum Gasteiger partial charge on any atom is -0.494 e. The van der Waals surface area contributed by atoms with Crippen LogP contribution in [0.3, 0.4) is 0 Å². The summed E-state index contributed by atoms with van der Waals surface area (Å²) in [5, 5.41) is 10.1. The molecule has 4 heteroatoms. The average molecular weight is 235 g/mol. The highest BCUT2D eigenvalue weighted by Gasteiger charge is 1.97. The number of nitro groups is 1. The van der Waals surface area contributed by atoms with E-state index in [0.29, 0.717) is 12.5 Å². The van der Waals surface area contributed by atoms with Gasteiger partial charge in [0.1, 0.15) is 5.75 Å². The van der Waals surface area contributed by atoms with E-state index >= 15 is 0 Å². The summed E-state index contributed by atoms with van der Waals surface area (Å²) in [6.07, 6.45) is 3.40. The summed E-state index contributed by atoms with van der Waals surface area (Å²) < 4.78 is 5.54. The quantitative estimate of drug-likeness (QED) is 0.561. The monoisotopic (exact) mass is 235 g/mol. The van der Waals surface area contributed by atoms with Gasteiger partial charge in [0, 0.05) is 6.08 Å². The maximum atomic E-state index is 10.1. The van der Waals surface area contributed by atoms with Crippen molar-refractivity contribution in [2.24, 2.45) is 5.92 Å². The number of rotatable bonds is 6. The molecule has 0 unspecified atom stereocenters. The summed E-state index contributed by atoms with van der Waals surface area (Å²) in [5.41, 5.74) is 0.790. The van der Waals surface area contributed by atoms with Gasteiger partial charge in [-0.3, -0.25) is 10.1 Å². The van der Waals surface area contributed by atoms with Gasteiger partial charge in [-0.2, -0.15) is 0 Å². The van der Waals surface area contributed by atoms with E-state index in [2.05, 4.69) is 13.8 Å². The molecule has 0 heterocycles. The van der Waals surface area contributed by atoms with Gasteiger partial charge in [0.05, 0.1) is 11.5 Å². The van der Waals surface area contributed by atoms with Gasteiger partial charge in [0.15, 0.2) is 0 Å². The molecule has 1 aromatic rings. The molecule has 0 aliphatic heterocycles. The van der Waals surface area contributed by atoms with Crippen LogP contribution in [-0.4, -0.2) is 11.5 Å². The molecule has 0 bridgehead atoms. The van der Waals surface area contributed by atoms with Crippen LogP contribution < -0.4 is 4.74 Å². The van der Waals surface area contributed by atoms with Crippen molar-refractivity contribution >= 4 is 6.08 Å². The van der Waals surface area contributed by atoms with Crippen molar-refractivity contribution in [1.29, 1.82) is 0 Å². The van der Waals surface area contributed by atoms with Gasteiger partial charge in [0.2, 0.25) is 6.20 Å². The lowest BCUT2D eigenvalue weighted by Gasteiger charge is -2.07. The van der Waals surface area contributed by atoms with Crippen molar-refractivity contribution in [3.63, 3.8) is 0 Å². The molecular formula is C13H17NO3. The topological polar surface area (TPSA) is 52.4 Å². The van der Waals surface area contributed by atoms with Gasteiger partial charge in [-0.25, -0.2) is 0 Å². The molecule has 0 atom stereocenters. The van der Waals surface area contributed by atoms with Crippen LogP contribution in [0.1, 0.15) is 25.8 Å². The zero-order valence-electron chi connectivity index (χ0n) is 10.1. The standard InChI is InChI=1S/C13H17NO3/c1-11(2)8-10-17-13-5-3-12(4-6-13)7-9-14(15)16/h3-7,9,11H,8,10H2,1-2H3/b9-7+. The Hall–Kier alpha value is -1.84. The van der Waals surface area contributed by atoms with Gasteiger partial charge >= 0.3 is 0 Å². The Morgan fingerprint density at radius 1 is 1.35 bits per heavy atom. The van der Waals surface area contributed by atoms with Crippen molar-refractivity contribution in [2.45, 2.75) is 20.3 Å². The maximum absolute atomic E-state index is 10.1. The van der Waals surface area contributed by atoms with Crippen LogP contribution in [0.25, 0.3) is 6.08 Å². The molecule has 0 saturated carbocycles. The van der Waals surface area contributed by atoms with E-state index in [9.17, 15) is 10.1 Å². The predicted octanol–water partition coefficient (Wildman–Crippen LogP) is 3.36. The molecular weight excluding hydrogens is 218 g/mol. The fraction of sp³-hybridized carbons (Fsp3) is 0.385. The molecule has 0 aliphatic rings. The smallest absolute Gasteiger partial charge is 0.235 e. The fourth-order valence-electron chi connectivity index (χ4n) is 1.23. The lowest BCUT2D eigenvalue weighted by Crippen LogP contribution is -2.01. The third-order valence-electron chi connectivity index (χ3n) is 2.23.